The van der Waals surface area contributed by atoms with E-state index in [0.717, 1.165) is 29.9 Å². The molecular formula is C16H19N5O. The van der Waals surface area contributed by atoms with Crippen LogP contribution < -0.4 is 11.1 Å². The average molecular weight is 297 g/mol. The van der Waals surface area contributed by atoms with Crippen molar-refractivity contribution in [2.45, 2.75) is 43.6 Å². The molecule has 4 N–H and O–H groups in total. The van der Waals surface area contributed by atoms with Crippen molar-refractivity contribution in [3.05, 3.63) is 30.1 Å². The standard InChI is InChI=1S/C16H19N5O/c17-16(6-7-16)9-13(22)18-12-3-1-2-11(8-12)15-19-14(20-21-15)10-4-5-10/h1-3,8,10H,4-7,9,17H2,(H,18,22)(H,19,20,21). The number of H-pyrrole nitrogens is 1. The van der Waals surface area contributed by atoms with E-state index in [1.807, 2.05) is 24.3 Å². The molecule has 0 spiro atoms. The number of aromatic nitrogens is 3. The summed E-state index contributed by atoms with van der Waals surface area (Å²) >= 11 is 0. The number of aromatic amines is 1. The van der Waals surface area contributed by atoms with Crippen LogP contribution >= 0.6 is 0 Å². The molecule has 1 aromatic heterocycles. The minimum atomic E-state index is -0.273. The molecular weight excluding hydrogens is 278 g/mol. The minimum absolute atomic E-state index is 0.0363. The van der Waals surface area contributed by atoms with Gasteiger partial charge in [0.2, 0.25) is 5.91 Å². The van der Waals surface area contributed by atoms with Crippen LogP contribution in [0.2, 0.25) is 0 Å². The molecule has 2 aliphatic carbocycles. The summed E-state index contributed by atoms with van der Waals surface area (Å²) in [6, 6.07) is 7.61. The molecule has 1 heterocycles. The fraction of sp³-hybridized carbons (Fsp3) is 0.438. The molecule has 6 heteroatoms. The van der Waals surface area contributed by atoms with Crippen molar-refractivity contribution in [1.82, 2.24) is 15.2 Å². The van der Waals surface area contributed by atoms with Crippen molar-refractivity contribution in [2.75, 3.05) is 5.32 Å². The highest BCUT2D eigenvalue weighted by molar-refractivity contribution is 5.92. The van der Waals surface area contributed by atoms with Crippen LogP contribution in [0.25, 0.3) is 11.4 Å². The number of nitrogens with two attached hydrogens (primary N) is 1. The van der Waals surface area contributed by atoms with Crippen molar-refractivity contribution in [3.8, 4) is 11.4 Å². The molecule has 114 valence electrons. The van der Waals surface area contributed by atoms with Gasteiger partial charge in [0.05, 0.1) is 0 Å². The van der Waals surface area contributed by atoms with Crippen molar-refractivity contribution in [2.24, 2.45) is 5.73 Å². The molecule has 2 aromatic rings. The predicted octanol–water partition coefficient (Wildman–Crippen LogP) is 2.17. The SMILES string of the molecule is NC1(CC(=O)Nc2cccc(-c3n[nH]c(C4CC4)n3)c2)CC1. The largest absolute Gasteiger partial charge is 0.326 e. The number of hydrogen-bond donors (Lipinski definition) is 3. The molecule has 0 radical (unpaired) electrons. The van der Waals surface area contributed by atoms with Gasteiger partial charge in [0, 0.05) is 29.1 Å². The lowest BCUT2D eigenvalue weighted by Gasteiger charge is -2.09. The highest BCUT2D eigenvalue weighted by atomic mass is 16.1. The zero-order chi connectivity index (χ0) is 15.2. The molecule has 22 heavy (non-hydrogen) atoms. The fourth-order valence-electron chi connectivity index (χ4n) is 2.54. The molecule has 2 saturated carbocycles. The van der Waals surface area contributed by atoms with Gasteiger partial charge < -0.3 is 11.1 Å². The van der Waals surface area contributed by atoms with Crippen LogP contribution in [0.15, 0.2) is 24.3 Å². The monoisotopic (exact) mass is 297 g/mol. The number of nitrogens with zero attached hydrogens (tertiary/aromatic N) is 2. The molecule has 1 amide bonds. The molecule has 2 aliphatic rings. The highest BCUT2D eigenvalue weighted by Gasteiger charge is 2.40. The van der Waals surface area contributed by atoms with Gasteiger partial charge >= 0.3 is 0 Å². The Balaban J connectivity index is 1.48. The van der Waals surface area contributed by atoms with Crippen LogP contribution in [0.3, 0.4) is 0 Å². The van der Waals surface area contributed by atoms with E-state index in [9.17, 15) is 4.79 Å². The third kappa shape index (κ3) is 2.87. The second-order valence-electron chi connectivity index (χ2n) is 6.49. The summed E-state index contributed by atoms with van der Waals surface area (Å²) < 4.78 is 0. The van der Waals surface area contributed by atoms with Crippen LogP contribution in [0.1, 0.15) is 43.8 Å². The van der Waals surface area contributed by atoms with E-state index in [1.165, 1.54) is 12.8 Å². The summed E-state index contributed by atoms with van der Waals surface area (Å²) in [4.78, 5) is 16.5. The number of rotatable bonds is 5. The molecule has 0 atom stereocenters. The molecule has 2 fully saturated rings. The first-order chi connectivity index (χ1) is 10.6. The third-order valence-electron chi connectivity index (χ3n) is 4.28. The molecule has 0 aliphatic heterocycles. The normalized spacial score (nSPS) is 19.0. The van der Waals surface area contributed by atoms with E-state index in [4.69, 9.17) is 5.73 Å². The number of anilines is 1. The highest BCUT2D eigenvalue weighted by Crippen LogP contribution is 2.38. The number of benzene rings is 1. The molecule has 6 nitrogen and oxygen atoms in total. The van der Waals surface area contributed by atoms with E-state index in [-0.39, 0.29) is 11.4 Å². The molecule has 0 bridgehead atoms. The summed E-state index contributed by atoms with van der Waals surface area (Å²) in [5.41, 5.74) is 7.35. The zero-order valence-corrected chi connectivity index (χ0v) is 12.3. The number of carbonyl (C=O) groups excluding carboxylic acids is 1. The second kappa shape index (κ2) is 4.91. The molecule has 4 rings (SSSR count). The molecule has 0 saturated heterocycles. The first-order valence-electron chi connectivity index (χ1n) is 7.73. The average Bonchev–Trinajstić information content (AvgIpc) is 3.40. The van der Waals surface area contributed by atoms with Gasteiger partial charge in [0.1, 0.15) is 5.82 Å². The van der Waals surface area contributed by atoms with Gasteiger partial charge in [-0.1, -0.05) is 12.1 Å². The smallest absolute Gasteiger partial charge is 0.226 e. The van der Waals surface area contributed by atoms with Crippen molar-refractivity contribution < 1.29 is 4.79 Å². The Morgan fingerprint density at radius 3 is 2.95 bits per heavy atom. The summed E-state index contributed by atoms with van der Waals surface area (Å²) in [5, 5.41) is 10.2. The van der Waals surface area contributed by atoms with E-state index in [2.05, 4.69) is 20.5 Å². The lowest BCUT2D eigenvalue weighted by atomic mass is 10.1. The van der Waals surface area contributed by atoms with E-state index >= 15 is 0 Å². The maximum atomic E-state index is 12.0. The van der Waals surface area contributed by atoms with Crippen molar-refractivity contribution >= 4 is 11.6 Å². The Hall–Kier alpha value is -2.21. The van der Waals surface area contributed by atoms with Crippen LogP contribution in [0.4, 0.5) is 5.69 Å². The molecule has 1 aromatic carbocycles. The van der Waals surface area contributed by atoms with Gasteiger partial charge in [0.25, 0.3) is 0 Å². The van der Waals surface area contributed by atoms with E-state index < -0.39 is 0 Å². The van der Waals surface area contributed by atoms with E-state index in [0.29, 0.717) is 18.2 Å². The Morgan fingerprint density at radius 2 is 2.23 bits per heavy atom. The Bertz CT molecular complexity index is 715. The van der Waals surface area contributed by atoms with Gasteiger partial charge in [-0.3, -0.25) is 9.89 Å². The Labute approximate surface area is 128 Å². The fourth-order valence-corrected chi connectivity index (χ4v) is 2.54. The Kier molecular flexibility index (Phi) is 3.00. The summed E-state index contributed by atoms with van der Waals surface area (Å²) in [6.45, 7) is 0. The maximum absolute atomic E-state index is 12.0. The van der Waals surface area contributed by atoms with Gasteiger partial charge in [-0.2, -0.15) is 5.10 Å². The minimum Gasteiger partial charge on any atom is -0.326 e. The number of carbonyl (C=O) groups is 1. The van der Waals surface area contributed by atoms with Gasteiger partial charge in [-0.25, -0.2) is 4.98 Å². The van der Waals surface area contributed by atoms with Crippen molar-refractivity contribution in [3.63, 3.8) is 0 Å². The second-order valence-corrected chi connectivity index (χ2v) is 6.49. The summed E-state index contributed by atoms with van der Waals surface area (Å²) in [5.74, 6) is 2.15. The van der Waals surface area contributed by atoms with Crippen LogP contribution in [-0.4, -0.2) is 26.6 Å². The number of nitrogens with one attached hydrogen (secondary N) is 2. The van der Waals surface area contributed by atoms with Gasteiger partial charge in [0.15, 0.2) is 5.82 Å². The van der Waals surface area contributed by atoms with Crippen LogP contribution in [0, 0.1) is 0 Å². The predicted molar refractivity (Wildman–Crippen MR) is 83.2 cm³/mol. The third-order valence-corrected chi connectivity index (χ3v) is 4.28. The zero-order valence-electron chi connectivity index (χ0n) is 12.3. The van der Waals surface area contributed by atoms with Crippen molar-refractivity contribution in [1.29, 1.82) is 0 Å². The van der Waals surface area contributed by atoms with E-state index in [1.54, 1.807) is 0 Å². The Morgan fingerprint density at radius 1 is 1.41 bits per heavy atom. The van der Waals surface area contributed by atoms with Gasteiger partial charge in [-0.15, -0.1) is 0 Å². The topological polar surface area (TPSA) is 96.7 Å². The first kappa shape index (κ1) is 13.5. The quantitative estimate of drug-likeness (QED) is 0.788. The summed E-state index contributed by atoms with van der Waals surface area (Å²) in [6.07, 6.45) is 4.62. The lowest BCUT2D eigenvalue weighted by Crippen LogP contribution is -2.28. The summed E-state index contributed by atoms with van der Waals surface area (Å²) in [7, 11) is 0. The number of hydrogen-bond acceptors (Lipinski definition) is 4. The van der Waals surface area contributed by atoms with Crippen LogP contribution in [0.5, 0.6) is 0 Å². The lowest BCUT2D eigenvalue weighted by molar-refractivity contribution is -0.116. The maximum Gasteiger partial charge on any atom is 0.226 e. The first-order valence-corrected chi connectivity index (χ1v) is 7.73. The van der Waals surface area contributed by atoms with Crippen LogP contribution in [-0.2, 0) is 4.79 Å². The van der Waals surface area contributed by atoms with Gasteiger partial charge in [-0.05, 0) is 37.8 Å². The molecule has 0 unspecified atom stereocenters. The number of amides is 1.